The molecule has 0 saturated heterocycles. The van der Waals surface area contributed by atoms with Gasteiger partial charge in [0.05, 0.1) is 4.90 Å². The summed E-state index contributed by atoms with van der Waals surface area (Å²) in [6.45, 7) is 7.20. The molecule has 1 atom stereocenters. The third-order valence-electron chi connectivity index (χ3n) is 4.72. The van der Waals surface area contributed by atoms with Gasteiger partial charge in [-0.25, -0.2) is 13.1 Å². The molecule has 1 amide bonds. The molecule has 3 rings (SSSR count). The van der Waals surface area contributed by atoms with Crippen LogP contribution in [0.25, 0.3) is 0 Å². The Morgan fingerprint density at radius 2 is 2.00 bits per heavy atom. The second-order valence-corrected chi connectivity index (χ2v) is 10.2. The van der Waals surface area contributed by atoms with Crippen molar-refractivity contribution < 1.29 is 17.9 Å². The SMILES string of the molecule is Cc1cc(S(=O)(=O)NC(C)C)ccc1OCC(=O)N1c2ccc(Br)cc2C[C@H]1C. The fourth-order valence-electron chi connectivity index (χ4n) is 3.52. The van der Waals surface area contributed by atoms with Gasteiger partial charge in [0.2, 0.25) is 10.0 Å². The van der Waals surface area contributed by atoms with E-state index >= 15 is 0 Å². The second kappa shape index (κ2) is 8.45. The molecule has 0 aromatic heterocycles. The van der Waals surface area contributed by atoms with Crippen LogP contribution < -0.4 is 14.4 Å². The Balaban J connectivity index is 1.71. The van der Waals surface area contributed by atoms with Gasteiger partial charge in [0, 0.05) is 22.2 Å². The zero-order valence-corrected chi connectivity index (χ0v) is 19.3. The van der Waals surface area contributed by atoms with Gasteiger partial charge >= 0.3 is 0 Å². The number of carbonyl (C=O) groups excluding carboxylic acids is 1. The van der Waals surface area contributed by atoms with E-state index in [0.717, 1.165) is 22.1 Å². The number of hydrogen-bond acceptors (Lipinski definition) is 4. The van der Waals surface area contributed by atoms with Gasteiger partial charge in [-0.2, -0.15) is 0 Å². The number of rotatable bonds is 6. The Morgan fingerprint density at radius 1 is 1.28 bits per heavy atom. The Morgan fingerprint density at radius 3 is 2.66 bits per heavy atom. The van der Waals surface area contributed by atoms with Gasteiger partial charge in [-0.1, -0.05) is 15.9 Å². The highest BCUT2D eigenvalue weighted by Crippen LogP contribution is 2.34. The molecule has 156 valence electrons. The number of fused-ring (bicyclic) bond motifs is 1. The van der Waals surface area contributed by atoms with Crippen LogP contribution in [-0.4, -0.2) is 33.0 Å². The number of nitrogens with zero attached hydrogens (tertiary/aromatic N) is 1. The zero-order chi connectivity index (χ0) is 21.3. The van der Waals surface area contributed by atoms with Gasteiger partial charge in [-0.3, -0.25) is 4.79 Å². The minimum atomic E-state index is -3.57. The van der Waals surface area contributed by atoms with Crippen LogP contribution >= 0.6 is 15.9 Å². The number of amides is 1. The first-order chi connectivity index (χ1) is 13.6. The van der Waals surface area contributed by atoms with Crippen LogP contribution in [0.15, 0.2) is 45.8 Å². The largest absolute Gasteiger partial charge is 0.483 e. The first kappa shape index (κ1) is 21.8. The molecule has 8 heteroatoms. The number of ether oxygens (including phenoxy) is 1. The number of carbonyl (C=O) groups is 1. The molecule has 1 heterocycles. The molecule has 1 aliphatic heterocycles. The van der Waals surface area contributed by atoms with Crippen molar-refractivity contribution in [3.63, 3.8) is 0 Å². The fraction of sp³-hybridized carbons (Fsp3) is 0.381. The summed E-state index contributed by atoms with van der Waals surface area (Å²) in [5.74, 6) is 0.362. The lowest BCUT2D eigenvalue weighted by Gasteiger charge is -2.23. The number of anilines is 1. The van der Waals surface area contributed by atoms with Crippen molar-refractivity contribution in [1.29, 1.82) is 0 Å². The smallest absolute Gasteiger partial charge is 0.265 e. The molecule has 0 fully saturated rings. The number of nitrogens with one attached hydrogen (secondary N) is 1. The van der Waals surface area contributed by atoms with Crippen LogP contribution in [0.3, 0.4) is 0 Å². The zero-order valence-electron chi connectivity index (χ0n) is 16.9. The molecule has 2 aromatic carbocycles. The lowest BCUT2D eigenvalue weighted by atomic mass is 10.1. The maximum atomic E-state index is 12.8. The van der Waals surface area contributed by atoms with E-state index in [-0.39, 0.29) is 29.5 Å². The van der Waals surface area contributed by atoms with Gasteiger partial charge in [0.15, 0.2) is 6.61 Å². The third-order valence-corrected chi connectivity index (χ3v) is 6.87. The maximum absolute atomic E-state index is 12.8. The number of sulfonamides is 1. The number of hydrogen-bond donors (Lipinski definition) is 1. The summed E-state index contributed by atoms with van der Waals surface area (Å²) in [5, 5.41) is 0. The molecule has 6 nitrogen and oxygen atoms in total. The number of halogens is 1. The van der Waals surface area contributed by atoms with Gasteiger partial charge in [0.1, 0.15) is 5.75 Å². The molecule has 1 aliphatic rings. The van der Waals surface area contributed by atoms with E-state index in [1.807, 2.05) is 25.1 Å². The van der Waals surface area contributed by atoms with Crippen molar-refractivity contribution in [3.8, 4) is 5.75 Å². The molecule has 0 bridgehead atoms. The Bertz CT molecular complexity index is 1040. The maximum Gasteiger partial charge on any atom is 0.265 e. The standard InChI is InChI=1S/C21H25BrN2O4S/c1-13(2)23-29(26,27)18-6-8-20(14(3)9-18)28-12-21(25)24-15(4)10-16-11-17(22)5-7-19(16)24/h5-9,11,13,15,23H,10,12H2,1-4H3/t15-/m1/s1. The normalized spacial score (nSPS) is 16.2. The second-order valence-electron chi connectivity index (χ2n) is 7.58. The molecular weight excluding hydrogens is 456 g/mol. The molecule has 29 heavy (non-hydrogen) atoms. The molecule has 0 radical (unpaired) electrons. The van der Waals surface area contributed by atoms with Crippen LogP contribution in [0.4, 0.5) is 5.69 Å². The summed E-state index contributed by atoms with van der Waals surface area (Å²) in [6.07, 6.45) is 0.801. The first-order valence-corrected chi connectivity index (χ1v) is 11.7. The molecule has 0 unspecified atom stereocenters. The summed E-state index contributed by atoms with van der Waals surface area (Å²) in [7, 11) is -3.57. The molecule has 0 aliphatic carbocycles. The van der Waals surface area contributed by atoms with E-state index in [4.69, 9.17) is 4.74 Å². The van der Waals surface area contributed by atoms with Gasteiger partial charge < -0.3 is 9.64 Å². The minimum absolute atomic E-state index is 0.0612. The lowest BCUT2D eigenvalue weighted by Crippen LogP contribution is -2.39. The Hall–Kier alpha value is -1.90. The van der Waals surface area contributed by atoms with Crippen molar-refractivity contribution >= 4 is 37.5 Å². The summed E-state index contributed by atoms with van der Waals surface area (Å²) in [5.41, 5.74) is 2.69. The van der Waals surface area contributed by atoms with Crippen LogP contribution in [0.2, 0.25) is 0 Å². The quantitative estimate of drug-likeness (QED) is 0.681. The summed E-state index contributed by atoms with van der Waals surface area (Å²) in [6, 6.07) is 10.4. The highest BCUT2D eigenvalue weighted by molar-refractivity contribution is 9.10. The predicted octanol–water partition coefficient (Wildman–Crippen LogP) is 3.80. The number of aryl methyl sites for hydroxylation is 1. The summed E-state index contributed by atoms with van der Waals surface area (Å²) < 4.78 is 33.9. The average molecular weight is 481 g/mol. The first-order valence-electron chi connectivity index (χ1n) is 9.45. The summed E-state index contributed by atoms with van der Waals surface area (Å²) >= 11 is 3.47. The number of benzene rings is 2. The third kappa shape index (κ3) is 4.82. The van der Waals surface area contributed by atoms with Crippen LogP contribution in [-0.2, 0) is 21.2 Å². The van der Waals surface area contributed by atoms with E-state index in [1.165, 1.54) is 6.07 Å². The van der Waals surface area contributed by atoms with Crippen molar-refractivity contribution in [1.82, 2.24) is 4.72 Å². The van der Waals surface area contributed by atoms with E-state index < -0.39 is 10.0 Å². The van der Waals surface area contributed by atoms with Crippen LogP contribution in [0.5, 0.6) is 5.75 Å². The van der Waals surface area contributed by atoms with E-state index in [0.29, 0.717) is 11.3 Å². The van der Waals surface area contributed by atoms with E-state index in [2.05, 4.69) is 20.7 Å². The average Bonchev–Trinajstić information content (AvgIpc) is 2.94. The topological polar surface area (TPSA) is 75.7 Å². The van der Waals surface area contributed by atoms with Crippen LogP contribution in [0.1, 0.15) is 31.9 Å². The van der Waals surface area contributed by atoms with E-state index in [9.17, 15) is 13.2 Å². The van der Waals surface area contributed by atoms with Crippen molar-refractivity contribution in [3.05, 3.63) is 52.0 Å². The highest BCUT2D eigenvalue weighted by atomic mass is 79.9. The van der Waals surface area contributed by atoms with Gasteiger partial charge in [-0.15, -0.1) is 0 Å². The summed E-state index contributed by atoms with van der Waals surface area (Å²) in [4.78, 5) is 14.8. The molecule has 0 spiro atoms. The minimum Gasteiger partial charge on any atom is -0.483 e. The van der Waals surface area contributed by atoms with Crippen molar-refractivity contribution in [2.75, 3.05) is 11.5 Å². The molecule has 1 N–H and O–H groups in total. The molecular formula is C21H25BrN2O4S. The predicted molar refractivity (Wildman–Crippen MR) is 117 cm³/mol. The lowest BCUT2D eigenvalue weighted by molar-refractivity contribution is -0.120. The van der Waals surface area contributed by atoms with Crippen molar-refractivity contribution in [2.45, 2.75) is 51.1 Å². The van der Waals surface area contributed by atoms with Crippen molar-refractivity contribution in [2.24, 2.45) is 0 Å². The van der Waals surface area contributed by atoms with Gasteiger partial charge in [0.25, 0.3) is 5.91 Å². The molecule has 2 aromatic rings. The van der Waals surface area contributed by atoms with Gasteiger partial charge in [-0.05, 0) is 81.6 Å². The van der Waals surface area contributed by atoms with Crippen LogP contribution in [0, 0.1) is 6.92 Å². The molecule has 0 saturated carbocycles. The van der Waals surface area contributed by atoms with E-state index in [1.54, 1.807) is 37.8 Å². The fourth-order valence-corrected chi connectivity index (χ4v) is 5.26. The Labute approximate surface area is 180 Å². The highest BCUT2D eigenvalue weighted by Gasteiger charge is 2.31. The Kier molecular flexibility index (Phi) is 6.36. The monoisotopic (exact) mass is 480 g/mol.